The van der Waals surface area contributed by atoms with Gasteiger partial charge in [0.15, 0.2) is 0 Å². The van der Waals surface area contributed by atoms with Gasteiger partial charge in [0.1, 0.15) is 5.51 Å². The van der Waals surface area contributed by atoms with Crippen LogP contribution >= 0.6 is 11.3 Å². The minimum absolute atomic E-state index is 0.150. The highest BCUT2D eigenvalue weighted by atomic mass is 32.1. The predicted molar refractivity (Wildman–Crippen MR) is 80.9 cm³/mol. The number of nitrogens with one attached hydrogen (secondary N) is 1. The number of aromatic nitrogens is 2. The van der Waals surface area contributed by atoms with Crippen molar-refractivity contribution in [2.45, 2.75) is 20.4 Å². The summed E-state index contributed by atoms with van der Waals surface area (Å²) in [5.74, 6) is -0.150. The molecule has 0 spiro atoms. The van der Waals surface area contributed by atoms with Crippen LogP contribution in [0.4, 0.5) is 5.13 Å². The average Bonchev–Trinajstić information content (AvgIpc) is 2.98. The van der Waals surface area contributed by atoms with Gasteiger partial charge in [0.2, 0.25) is 5.13 Å². The molecule has 2 rings (SSSR count). The Bertz CT molecular complexity index is 552. The maximum absolute atomic E-state index is 12.1. The van der Waals surface area contributed by atoms with E-state index in [1.54, 1.807) is 5.51 Å². The summed E-state index contributed by atoms with van der Waals surface area (Å²) in [6, 6.07) is 7.69. The summed E-state index contributed by atoms with van der Waals surface area (Å²) in [5, 5.41) is 10.8. The number of hydrogen-bond acceptors (Lipinski definition) is 5. The number of anilines is 1. The molecule has 1 aromatic carbocycles. The fraction of sp³-hybridized carbons (Fsp3) is 0.357. The second-order valence-corrected chi connectivity index (χ2v) is 5.19. The molecule has 0 unspecified atom stereocenters. The lowest BCUT2D eigenvalue weighted by atomic mass is 10.1. The number of benzene rings is 1. The van der Waals surface area contributed by atoms with Gasteiger partial charge >= 0.3 is 0 Å². The van der Waals surface area contributed by atoms with E-state index in [0.717, 1.165) is 25.2 Å². The van der Waals surface area contributed by atoms with Crippen molar-refractivity contribution >= 4 is 22.4 Å². The Labute approximate surface area is 122 Å². The standard InChI is InChI=1S/C14H18N4OS/c1-3-18(4-2)9-11-6-5-7-12(8-11)13(19)16-14-17-15-10-20-14/h5-8,10H,3-4,9H2,1-2H3,(H,16,17,19). The topological polar surface area (TPSA) is 58.1 Å². The summed E-state index contributed by atoms with van der Waals surface area (Å²) >= 11 is 1.31. The van der Waals surface area contributed by atoms with Gasteiger partial charge in [-0.25, -0.2) is 0 Å². The van der Waals surface area contributed by atoms with Crippen molar-refractivity contribution in [3.8, 4) is 0 Å². The molecule has 20 heavy (non-hydrogen) atoms. The zero-order valence-corrected chi connectivity index (χ0v) is 12.5. The quantitative estimate of drug-likeness (QED) is 0.888. The molecule has 0 atom stereocenters. The molecule has 1 N–H and O–H groups in total. The van der Waals surface area contributed by atoms with Gasteiger partial charge in [-0.3, -0.25) is 15.0 Å². The SMILES string of the molecule is CCN(CC)Cc1cccc(C(=O)Nc2nncs2)c1. The highest BCUT2D eigenvalue weighted by molar-refractivity contribution is 7.13. The zero-order valence-electron chi connectivity index (χ0n) is 11.7. The summed E-state index contributed by atoms with van der Waals surface area (Å²) in [6.07, 6.45) is 0. The van der Waals surface area contributed by atoms with Crippen LogP contribution in [0, 0.1) is 0 Å². The van der Waals surface area contributed by atoms with E-state index < -0.39 is 0 Å². The minimum Gasteiger partial charge on any atom is -0.300 e. The first-order valence-electron chi connectivity index (χ1n) is 6.61. The third-order valence-electron chi connectivity index (χ3n) is 3.07. The molecular formula is C14H18N4OS. The van der Waals surface area contributed by atoms with E-state index in [0.29, 0.717) is 10.7 Å². The second-order valence-electron chi connectivity index (χ2n) is 4.36. The van der Waals surface area contributed by atoms with Gasteiger partial charge < -0.3 is 0 Å². The third kappa shape index (κ3) is 3.85. The Morgan fingerprint density at radius 2 is 2.15 bits per heavy atom. The van der Waals surface area contributed by atoms with Crippen molar-refractivity contribution in [1.82, 2.24) is 15.1 Å². The van der Waals surface area contributed by atoms with Gasteiger partial charge in [-0.1, -0.05) is 37.3 Å². The lowest BCUT2D eigenvalue weighted by Gasteiger charge is -2.18. The fourth-order valence-electron chi connectivity index (χ4n) is 1.91. The number of carbonyl (C=O) groups is 1. The van der Waals surface area contributed by atoms with Crippen molar-refractivity contribution in [3.63, 3.8) is 0 Å². The maximum atomic E-state index is 12.1. The smallest absolute Gasteiger partial charge is 0.257 e. The highest BCUT2D eigenvalue weighted by Crippen LogP contribution is 2.13. The Kier molecular flexibility index (Phi) is 5.20. The molecule has 0 aliphatic rings. The van der Waals surface area contributed by atoms with Crippen LogP contribution in [0.5, 0.6) is 0 Å². The number of nitrogens with zero attached hydrogens (tertiary/aromatic N) is 3. The maximum Gasteiger partial charge on any atom is 0.257 e. The van der Waals surface area contributed by atoms with Crippen LogP contribution in [0.1, 0.15) is 29.8 Å². The van der Waals surface area contributed by atoms with Crippen molar-refractivity contribution in [1.29, 1.82) is 0 Å². The normalized spacial score (nSPS) is 10.8. The lowest BCUT2D eigenvalue weighted by molar-refractivity contribution is 0.102. The summed E-state index contributed by atoms with van der Waals surface area (Å²) < 4.78 is 0. The molecular weight excluding hydrogens is 272 g/mol. The van der Waals surface area contributed by atoms with Crippen LogP contribution in [0.3, 0.4) is 0 Å². The van der Waals surface area contributed by atoms with Crippen LogP contribution in [-0.2, 0) is 6.54 Å². The molecule has 2 aromatic rings. The molecule has 0 radical (unpaired) electrons. The Balaban J connectivity index is 2.07. The molecule has 106 valence electrons. The summed E-state index contributed by atoms with van der Waals surface area (Å²) in [7, 11) is 0. The molecule has 0 fully saturated rings. The van der Waals surface area contributed by atoms with Crippen molar-refractivity contribution < 1.29 is 4.79 Å². The Hall–Kier alpha value is -1.79. The predicted octanol–water partition coefficient (Wildman–Crippen LogP) is 2.63. The molecule has 0 aliphatic heterocycles. The Morgan fingerprint density at radius 3 is 2.80 bits per heavy atom. The first-order valence-corrected chi connectivity index (χ1v) is 7.49. The van der Waals surface area contributed by atoms with E-state index in [-0.39, 0.29) is 5.91 Å². The Morgan fingerprint density at radius 1 is 1.35 bits per heavy atom. The number of carbonyl (C=O) groups excluding carboxylic acids is 1. The van der Waals surface area contributed by atoms with Crippen LogP contribution < -0.4 is 5.32 Å². The van der Waals surface area contributed by atoms with Crippen LogP contribution in [0.2, 0.25) is 0 Å². The van der Waals surface area contributed by atoms with E-state index >= 15 is 0 Å². The van der Waals surface area contributed by atoms with E-state index in [1.165, 1.54) is 11.3 Å². The van der Waals surface area contributed by atoms with E-state index in [9.17, 15) is 4.79 Å². The lowest BCUT2D eigenvalue weighted by Crippen LogP contribution is -2.22. The van der Waals surface area contributed by atoms with Gasteiger partial charge in [0.05, 0.1) is 0 Å². The molecule has 1 heterocycles. The zero-order chi connectivity index (χ0) is 14.4. The van der Waals surface area contributed by atoms with Crippen molar-refractivity contribution in [2.24, 2.45) is 0 Å². The summed E-state index contributed by atoms with van der Waals surface area (Å²) in [5.41, 5.74) is 3.37. The van der Waals surface area contributed by atoms with E-state index in [1.807, 2.05) is 24.3 Å². The number of hydrogen-bond donors (Lipinski definition) is 1. The van der Waals surface area contributed by atoms with Crippen molar-refractivity contribution in [3.05, 3.63) is 40.9 Å². The first kappa shape index (κ1) is 14.6. The summed E-state index contributed by atoms with van der Waals surface area (Å²) in [4.78, 5) is 14.4. The van der Waals surface area contributed by atoms with Gasteiger partial charge in [0.25, 0.3) is 5.91 Å². The van der Waals surface area contributed by atoms with Crippen molar-refractivity contribution in [2.75, 3.05) is 18.4 Å². The van der Waals surface area contributed by atoms with E-state index in [4.69, 9.17) is 0 Å². The fourth-order valence-corrected chi connectivity index (χ4v) is 2.35. The number of rotatable bonds is 6. The molecule has 0 bridgehead atoms. The average molecular weight is 290 g/mol. The number of amides is 1. The monoisotopic (exact) mass is 290 g/mol. The van der Waals surface area contributed by atoms with Gasteiger partial charge in [-0.2, -0.15) is 0 Å². The van der Waals surface area contributed by atoms with E-state index in [2.05, 4.69) is 34.3 Å². The first-order chi connectivity index (χ1) is 9.72. The molecule has 0 saturated heterocycles. The third-order valence-corrected chi connectivity index (χ3v) is 3.68. The minimum atomic E-state index is -0.150. The molecule has 1 aromatic heterocycles. The van der Waals surface area contributed by atoms with Gasteiger partial charge in [0, 0.05) is 12.1 Å². The molecule has 0 saturated carbocycles. The van der Waals surface area contributed by atoms with Gasteiger partial charge in [-0.15, -0.1) is 10.2 Å². The van der Waals surface area contributed by atoms with Crippen LogP contribution in [0.25, 0.3) is 0 Å². The largest absolute Gasteiger partial charge is 0.300 e. The summed E-state index contributed by atoms with van der Waals surface area (Å²) in [6.45, 7) is 7.12. The van der Waals surface area contributed by atoms with Crippen LogP contribution in [-0.4, -0.2) is 34.1 Å². The molecule has 0 aliphatic carbocycles. The molecule has 5 nitrogen and oxygen atoms in total. The molecule has 1 amide bonds. The van der Waals surface area contributed by atoms with Crippen LogP contribution in [0.15, 0.2) is 29.8 Å². The highest BCUT2D eigenvalue weighted by Gasteiger charge is 2.09. The second kappa shape index (κ2) is 7.12. The molecule has 6 heteroatoms. The van der Waals surface area contributed by atoms with Gasteiger partial charge in [-0.05, 0) is 30.8 Å².